The number of aryl methyl sites for hydroxylation is 1. The van der Waals surface area contributed by atoms with Crippen molar-refractivity contribution in [1.82, 2.24) is 15.6 Å². The molecule has 3 aromatic rings. The highest BCUT2D eigenvalue weighted by Crippen LogP contribution is 2.25. The number of nitro groups is 1. The first-order chi connectivity index (χ1) is 14.4. The van der Waals surface area contributed by atoms with Crippen LogP contribution >= 0.6 is 0 Å². The number of nitrogens with one attached hydrogen (secondary N) is 2. The number of furan rings is 1. The zero-order valence-corrected chi connectivity index (χ0v) is 16.3. The summed E-state index contributed by atoms with van der Waals surface area (Å²) in [6.07, 6.45) is 2.05. The van der Waals surface area contributed by atoms with Crippen LogP contribution in [0.1, 0.15) is 33.0 Å². The second-order valence-electron chi connectivity index (χ2n) is 6.52. The van der Waals surface area contributed by atoms with Gasteiger partial charge < -0.3 is 15.1 Å². The molecule has 2 heterocycles. The van der Waals surface area contributed by atoms with E-state index in [1.54, 1.807) is 30.3 Å². The number of benzene rings is 1. The average Bonchev–Trinajstić information content (AvgIpc) is 3.24. The zero-order chi connectivity index (χ0) is 21.5. The van der Waals surface area contributed by atoms with Gasteiger partial charge in [0.1, 0.15) is 5.76 Å². The van der Waals surface area contributed by atoms with Crippen molar-refractivity contribution in [2.75, 3.05) is 13.1 Å². The van der Waals surface area contributed by atoms with Gasteiger partial charge in [-0.3, -0.25) is 24.7 Å². The Balaban J connectivity index is 1.45. The fourth-order valence-electron chi connectivity index (χ4n) is 2.67. The number of nitrogens with zero attached hydrogens (tertiary/aromatic N) is 2. The molecule has 0 fully saturated rings. The summed E-state index contributed by atoms with van der Waals surface area (Å²) >= 11 is 0. The molecule has 0 aliphatic rings. The summed E-state index contributed by atoms with van der Waals surface area (Å²) in [6.45, 7) is 2.58. The van der Waals surface area contributed by atoms with Gasteiger partial charge in [-0.1, -0.05) is 12.1 Å². The minimum absolute atomic E-state index is 0.0571. The second-order valence-corrected chi connectivity index (χ2v) is 6.52. The van der Waals surface area contributed by atoms with Crippen molar-refractivity contribution in [2.45, 2.75) is 13.3 Å². The van der Waals surface area contributed by atoms with E-state index >= 15 is 0 Å². The van der Waals surface area contributed by atoms with E-state index < -0.39 is 10.8 Å². The van der Waals surface area contributed by atoms with E-state index in [1.165, 1.54) is 24.4 Å². The van der Waals surface area contributed by atoms with E-state index in [4.69, 9.17) is 4.42 Å². The van der Waals surface area contributed by atoms with E-state index in [1.807, 2.05) is 6.92 Å². The molecular formula is C21H20N4O5. The number of pyridine rings is 1. The third-order valence-corrected chi connectivity index (χ3v) is 4.27. The van der Waals surface area contributed by atoms with Crippen molar-refractivity contribution in [1.29, 1.82) is 0 Å². The Morgan fingerprint density at radius 1 is 1.07 bits per heavy atom. The van der Waals surface area contributed by atoms with Crippen molar-refractivity contribution in [3.8, 4) is 11.3 Å². The molecule has 30 heavy (non-hydrogen) atoms. The predicted molar refractivity (Wildman–Crippen MR) is 109 cm³/mol. The largest absolute Gasteiger partial charge is 0.451 e. The minimum atomic E-state index is -0.492. The zero-order valence-electron chi connectivity index (χ0n) is 16.3. The Morgan fingerprint density at radius 3 is 2.53 bits per heavy atom. The Morgan fingerprint density at radius 2 is 1.83 bits per heavy atom. The van der Waals surface area contributed by atoms with Crippen LogP contribution in [0.4, 0.5) is 5.69 Å². The van der Waals surface area contributed by atoms with Crippen LogP contribution in [-0.2, 0) is 0 Å². The van der Waals surface area contributed by atoms with Crippen molar-refractivity contribution in [2.24, 2.45) is 0 Å². The number of aromatic nitrogens is 1. The summed E-state index contributed by atoms with van der Waals surface area (Å²) in [5.74, 6) is -0.156. The highest BCUT2D eigenvalue weighted by atomic mass is 16.6. The van der Waals surface area contributed by atoms with Crippen LogP contribution in [-0.4, -0.2) is 34.8 Å². The second kappa shape index (κ2) is 9.46. The lowest BCUT2D eigenvalue weighted by atomic mass is 10.1. The van der Waals surface area contributed by atoms with Crippen LogP contribution in [0.15, 0.2) is 59.1 Å². The number of carbonyl (C=O) groups is 2. The lowest BCUT2D eigenvalue weighted by Gasteiger charge is -2.06. The Hall–Kier alpha value is -4.01. The summed E-state index contributed by atoms with van der Waals surface area (Å²) in [5.41, 5.74) is 1.77. The predicted octanol–water partition coefficient (Wildman–Crippen LogP) is 3.11. The maximum atomic E-state index is 12.2. The summed E-state index contributed by atoms with van der Waals surface area (Å²) in [7, 11) is 0. The molecule has 0 spiro atoms. The molecule has 1 aromatic carbocycles. The lowest BCUT2D eigenvalue weighted by Crippen LogP contribution is -2.29. The van der Waals surface area contributed by atoms with Crippen LogP contribution in [0.25, 0.3) is 11.3 Å². The fraction of sp³-hybridized carbons (Fsp3) is 0.190. The minimum Gasteiger partial charge on any atom is -0.451 e. The Labute approximate surface area is 172 Å². The molecule has 0 aliphatic heterocycles. The number of hydrogen-bond donors (Lipinski definition) is 2. The number of amides is 2. The van der Waals surface area contributed by atoms with Gasteiger partial charge in [0.2, 0.25) is 0 Å². The molecule has 0 atom stereocenters. The van der Waals surface area contributed by atoms with Gasteiger partial charge in [-0.25, -0.2) is 0 Å². The van der Waals surface area contributed by atoms with Gasteiger partial charge in [0.15, 0.2) is 5.76 Å². The number of carbonyl (C=O) groups excluding carboxylic acids is 2. The first-order valence-electron chi connectivity index (χ1n) is 9.28. The molecule has 0 aliphatic carbocycles. The van der Waals surface area contributed by atoms with Crippen LogP contribution in [0.5, 0.6) is 0 Å². The van der Waals surface area contributed by atoms with E-state index in [9.17, 15) is 19.7 Å². The number of rotatable bonds is 8. The van der Waals surface area contributed by atoms with Crippen molar-refractivity contribution in [3.63, 3.8) is 0 Å². The maximum absolute atomic E-state index is 12.2. The fourth-order valence-corrected chi connectivity index (χ4v) is 2.67. The van der Waals surface area contributed by atoms with Gasteiger partial charge in [-0.2, -0.15) is 0 Å². The summed E-state index contributed by atoms with van der Waals surface area (Å²) in [5, 5.41) is 16.4. The summed E-state index contributed by atoms with van der Waals surface area (Å²) < 4.78 is 5.52. The van der Waals surface area contributed by atoms with Crippen LogP contribution < -0.4 is 10.6 Å². The topological polar surface area (TPSA) is 127 Å². The molecule has 3 rings (SSSR count). The van der Waals surface area contributed by atoms with E-state index in [-0.39, 0.29) is 17.4 Å². The molecule has 2 N–H and O–H groups in total. The van der Waals surface area contributed by atoms with Gasteiger partial charge in [-0.05, 0) is 37.6 Å². The summed E-state index contributed by atoms with van der Waals surface area (Å²) in [6, 6.07) is 12.5. The van der Waals surface area contributed by atoms with Gasteiger partial charge in [0, 0.05) is 42.7 Å². The number of non-ortho nitro benzene ring substituents is 1. The standard InChI is InChI=1S/C21H20N4O5/c1-14-6-7-16(13-24-14)20(26)22-10-3-11-23-21(27)19-9-8-18(30-19)15-4-2-5-17(12-15)25(28)29/h2,4-9,12-13H,3,10-11H2,1H3,(H,22,26)(H,23,27). The average molecular weight is 408 g/mol. The molecule has 0 saturated carbocycles. The first-order valence-corrected chi connectivity index (χ1v) is 9.28. The Kier molecular flexibility index (Phi) is 6.53. The van der Waals surface area contributed by atoms with Crippen molar-refractivity contribution in [3.05, 3.63) is 81.9 Å². The number of nitro benzene ring substituents is 1. The number of hydrogen-bond acceptors (Lipinski definition) is 6. The third kappa shape index (κ3) is 5.28. The molecule has 0 bridgehead atoms. The van der Waals surface area contributed by atoms with Gasteiger partial charge in [0.05, 0.1) is 10.5 Å². The molecular weight excluding hydrogens is 388 g/mol. The molecule has 154 valence electrons. The van der Waals surface area contributed by atoms with E-state index in [0.29, 0.717) is 36.4 Å². The van der Waals surface area contributed by atoms with E-state index in [0.717, 1.165) is 5.69 Å². The quantitative estimate of drug-likeness (QED) is 0.335. The lowest BCUT2D eigenvalue weighted by molar-refractivity contribution is -0.384. The van der Waals surface area contributed by atoms with Crippen LogP contribution in [0.3, 0.4) is 0 Å². The molecule has 2 aromatic heterocycles. The molecule has 2 amide bonds. The van der Waals surface area contributed by atoms with Crippen molar-refractivity contribution < 1.29 is 18.9 Å². The van der Waals surface area contributed by atoms with Gasteiger partial charge in [0.25, 0.3) is 17.5 Å². The highest BCUT2D eigenvalue weighted by molar-refractivity contribution is 5.94. The van der Waals surface area contributed by atoms with Gasteiger partial charge >= 0.3 is 0 Å². The molecule has 9 nitrogen and oxygen atoms in total. The first kappa shape index (κ1) is 20.7. The molecule has 0 unspecified atom stereocenters. The summed E-state index contributed by atoms with van der Waals surface area (Å²) in [4.78, 5) is 38.7. The van der Waals surface area contributed by atoms with Crippen LogP contribution in [0.2, 0.25) is 0 Å². The third-order valence-electron chi connectivity index (χ3n) is 4.27. The molecule has 0 radical (unpaired) electrons. The SMILES string of the molecule is Cc1ccc(C(=O)NCCCNC(=O)c2ccc(-c3cccc([N+](=O)[O-])c3)o2)cn1. The monoisotopic (exact) mass is 408 g/mol. The molecule has 9 heteroatoms. The van der Waals surface area contributed by atoms with Crippen LogP contribution in [0, 0.1) is 17.0 Å². The normalized spacial score (nSPS) is 10.4. The molecule has 0 saturated heterocycles. The maximum Gasteiger partial charge on any atom is 0.287 e. The smallest absolute Gasteiger partial charge is 0.287 e. The Bertz CT molecular complexity index is 1060. The van der Waals surface area contributed by atoms with E-state index in [2.05, 4.69) is 15.6 Å². The van der Waals surface area contributed by atoms with Crippen molar-refractivity contribution >= 4 is 17.5 Å². The highest BCUT2D eigenvalue weighted by Gasteiger charge is 2.14. The van der Waals surface area contributed by atoms with Gasteiger partial charge in [-0.15, -0.1) is 0 Å².